The summed E-state index contributed by atoms with van der Waals surface area (Å²) >= 11 is 0. The third-order valence-corrected chi connectivity index (χ3v) is 8.24. The van der Waals surface area contributed by atoms with Gasteiger partial charge in [0.1, 0.15) is 5.82 Å². The monoisotopic (exact) mass is 472 g/mol. The molecule has 0 N–H and O–H groups in total. The summed E-state index contributed by atoms with van der Waals surface area (Å²) in [5.74, 6) is -0.501. The van der Waals surface area contributed by atoms with E-state index >= 15 is 8.78 Å². The second kappa shape index (κ2) is 11.7. The second-order valence-corrected chi connectivity index (χ2v) is 10.5. The fraction of sp³-hybridized carbons (Fsp3) is 0.600. The molecule has 0 aliphatic heterocycles. The fourth-order valence-electron chi connectivity index (χ4n) is 6.00. The number of hydrogen-bond donors (Lipinski definition) is 0. The van der Waals surface area contributed by atoms with Crippen LogP contribution in [0.25, 0.3) is 0 Å². The molecule has 0 unspecified atom stereocenters. The van der Waals surface area contributed by atoms with Crippen LogP contribution in [0.15, 0.2) is 30.3 Å². The van der Waals surface area contributed by atoms with Crippen molar-refractivity contribution in [3.8, 4) is 0 Å². The normalized spacial score (nSPS) is 25.4. The number of hydrogen-bond acceptors (Lipinski definition) is 1. The molecule has 0 heterocycles. The summed E-state index contributed by atoms with van der Waals surface area (Å²) in [6.07, 6.45) is 10.3. The highest BCUT2D eigenvalue weighted by Crippen LogP contribution is 2.41. The highest BCUT2D eigenvalue weighted by molar-refractivity contribution is 5.32. The van der Waals surface area contributed by atoms with Crippen molar-refractivity contribution in [3.05, 3.63) is 70.0 Å². The molecule has 2 saturated carbocycles. The zero-order valence-corrected chi connectivity index (χ0v) is 20.7. The van der Waals surface area contributed by atoms with Crippen LogP contribution in [0.3, 0.4) is 0 Å². The zero-order chi connectivity index (χ0) is 24.1. The van der Waals surface area contributed by atoms with Crippen LogP contribution in [-0.4, -0.2) is 6.10 Å². The highest BCUT2D eigenvalue weighted by atomic mass is 19.2. The third kappa shape index (κ3) is 5.87. The lowest BCUT2D eigenvalue weighted by molar-refractivity contribution is 0.0130. The summed E-state index contributed by atoms with van der Waals surface area (Å²) in [5.41, 5.74) is 2.69. The Kier molecular flexibility index (Phi) is 8.74. The van der Waals surface area contributed by atoms with Crippen LogP contribution in [0.5, 0.6) is 0 Å². The van der Waals surface area contributed by atoms with Crippen molar-refractivity contribution in [2.45, 2.75) is 109 Å². The molecule has 2 aliphatic rings. The third-order valence-electron chi connectivity index (χ3n) is 8.24. The van der Waals surface area contributed by atoms with Crippen molar-refractivity contribution < 1.29 is 17.9 Å². The number of aryl methyl sites for hydroxylation is 1. The number of halogens is 3. The number of ether oxygens (including phenoxy) is 1. The molecule has 2 fully saturated rings. The van der Waals surface area contributed by atoms with Crippen LogP contribution >= 0.6 is 0 Å². The van der Waals surface area contributed by atoms with Gasteiger partial charge in [-0.25, -0.2) is 13.2 Å². The predicted molar refractivity (Wildman–Crippen MR) is 132 cm³/mol. The van der Waals surface area contributed by atoms with Crippen LogP contribution in [0.2, 0.25) is 0 Å². The molecule has 0 saturated heterocycles. The van der Waals surface area contributed by atoms with E-state index in [0.29, 0.717) is 17.7 Å². The molecule has 186 valence electrons. The highest BCUT2D eigenvalue weighted by Gasteiger charge is 2.29. The molecule has 0 aromatic heterocycles. The first-order valence-corrected chi connectivity index (χ1v) is 13.4. The van der Waals surface area contributed by atoms with Crippen molar-refractivity contribution >= 4 is 0 Å². The van der Waals surface area contributed by atoms with Gasteiger partial charge in [0.15, 0.2) is 11.6 Å². The van der Waals surface area contributed by atoms with Gasteiger partial charge >= 0.3 is 0 Å². The van der Waals surface area contributed by atoms with Crippen LogP contribution in [0.4, 0.5) is 13.2 Å². The Morgan fingerprint density at radius 1 is 0.765 bits per heavy atom. The van der Waals surface area contributed by atoms with Crippen molar-refractivity contribution in [2.75, 3.05) is 0 Å². The average molecular weight is 473 g/mol. The standard InChI is InChI=1S/C30H39F3O/c1-3-5-24-11-8-21(18-28(24)31)19-34-25-14-12-23(13-15-25)27-17-16-26(29(32)30(27)33)22-9-6-20(4-2)7-10-22/h8,11,16-18,20,22-23,25H,3-7,9-10,12-15,19H2,1-2H3. The fourth-order valence-corrected chi connectivity index (χ4v) is 6.00. The second-order valence-electron chi connectivity index (χ2n) is 10.5. The molecule has 1 nitrogen and oxygen atoms in total. The molecule has 0 spiro atoms. The van der Waals surface area contributed by atoms with E-state index in [9.17, 15) is 4.39 Å². The van der Waals surface area contributed by atoms with Crippen molar-refractivity contribution in [1.82, 2.24) is 0 Å². The van der Waals surface area contributed by atoms with E-state index in [1.54, 1.807) is 6.07 Å². The van der Waals surface area contributed by atoms with Crippen molar-refractivity contribution in [2.24, 2.45) is 5.92 Å². The van der Waals surface area contributed by atoms with Crippen LogP contribution in [-0.2, 0) is 17.8 Å². The SMILES string of the molecule is CCCc1ccc(COC2CCC(c3ccc(C4CCC(CC)CC4)c(F)c3F)CC2)cc1F. The van der Waals surface area contributed by atoms with E-state index in [1.165, 1.54) is 6.42 Å². The van der Waals surface area contributed by atoms with Gasteiger partial charge in [0.2, 0.25) is 0 Å². The predicted octanol–water partition coefficient (Wildman–Crippen LogP) is 8.98. The summed E-state index contributed by atoms with van der Waals surface area (Å²) in [5, 5.41) is 0. The maximum absolute atomic E-state index is 15.1. The Hall–Kier alpha value is -1.81. The molecule has 2 aliphatic carbocycles. The van der Waals surface area contributed by atoms with E-state index in [-0.39, 0.29) is 23.8 Å². The summed E-state index contributed by atoms with van der Waals surface area (Å²) in [7, 11) is 0. The Bertz CT molecular complexity index is 940. The maximum atomic E-state index is 15.1. The summed E-state index contributed by atoms with van der Waals surface area (Å²) < 4.78 is 50.4. The average Bonchev–Trinajstić information content (AvgIpc) is 2.86. The van der Waals surface area contributed by atoms with Crippen LogP contribution < -0.4 is 0 Å². The maximum Gasteiger partial charge on any atom is 0.162 e. The first-order valence-electron chi connectivity index (χ1n) is 13.4. The largest absolute Gasteiger partial charge is 0.374 e. The smallest absolute Gasteiger partial charge is 0.162 e. The molecule has 4 rings (SSSR count). The Balaban J connectivity index is 1.31. The minimum Gasteiger partial charge on any atom is -0.374 e. The van der Waals surface area contributed by atoms with Crippen molar-refractivity contribution in [1.29, 1.82) is 0 Å². The summed E-state index contributed by atoms with van der Waals surface area (Å²) in [4.78, 5) is 0. The van der Waals surface area contributed by atoms with E-state index in [1.807, 2.05) is 31.2 Å². The number of benzene rings is 2. The van der Waals surface area contributed by atoms with Crippen molar-refractivity contribution in [3.63, 3.8) is 0 Å². The van der Waals surface area contributed by atoms with Gasteiger partial charge in [0.25, 0.3) is 0 Å². The minimum atomic E-state index is -0.637. The number of rotatable bonds is 8. The molecule has 0 amide bonds. The van der Waals surface area contributed by atoms with Gasteiger partial charge in [-0.2, -0.15) is 0 Å². The van der Waals surface area contributed by atoms with Gasteiger partial charge < -0.3 is 4.74 Å². The van der Waals surface area contributed by atoms with Gasteiger partial charge in [-0.15, -0.1) is 0 Å². The Morgan fingerprint density at radius 2 is 1.35 bits per heavy atom. The Labute approximate surface area is 203 Å². The molecule has 0 atom stereocenters. The van der Waals surface area contributed by atoms with E-state index in [4.69, 9.17) is 4.74 Å². The molecule has 0 bridgehead atoms. The quantitative estimate of drug-likeness (QED) is 0.372. The van der Waals surface area contributed by atoms with E-state index in [0.717, 1.165) is 81.3 Å². The lowest BCUT2D eigenvalue weighted by Crippen LogP contribution is -2.22. The Morgan fingerprint density at radius 3 is 1.88 bits per heavy atom. The summed E-state index contributed by atoms with van der Waals surface area (Å²) in [6, 6.07) is 9.06. The zero-order valence-electron chi connectivity index (χ0n) is 20.7. The van der Waals surface area contributed by atoms with Gasteiger partial charge in [-0.05, 0) is 104 Å². The van der Waals surface area contributed by atoms with Gasteiger partial charge in [-0.3, -0.25) is 0 Å². The van der Waals surface area contributed by atoms with Gasteiger partial charge in [0, 0.05) is 0 Å². The topological polar surface area (TPSA) is 9.23 Å². The van der Waals surface area contributed by atoms with E-state index in [2.05, 4.69) is 6.92 Å². The van der Waals surface area contributed by atoms with Gasteiger partial charge in [0.05, 0.1) is 12.7 Å². The molecular weight excluding hydrogens is 433 g/mol. The molecule has 0 radical (unpaired) electrons. The molecule has 4 heteroatoms. The lowest BCUT2D eigenvalue weighted by Gasteiger charge is -2.31. The molecule has 2 aromatic rings. The molecule has 34 heavy (non-hydrogen) atoms. The summed E-state index contributed by atoms with van der Waals surface area (Å²) in [6.45, 7) is 4.64. The van der Waals surface area contributed by atoms with E-state index < -0.39 is 11.6 Å². The minimum absolute atomic E-state index is 0.0324. The first kappa shape index (κ1) is 25.3. The lowest BCUT2D eigenvalue weighted by atomic mass is 9.76. The van der Waals surface area contributed by atoms with Crippen LogP contribution in [0.1, 0.15) is 112 Å². The first-order chi connectivity index (χ1) is 16.5. The molecular formula is C30H39F3O. The van der Waals surface area contributed by atoms with Crippen LogP contribution in [0, 0.1) is 23.4 Å². The molecule has 2 aromatic carbocycles. The van der Waals surface area contributed by atoms with Gasteiger partial charge in [-0.1, -0.05) is 51.0 Å².